The van der Waals surface area contributed by atoms with E-state index in [9.17, 15) is 4.79 Å². The van der Waals surface area contributed by atoms with E-state index in [1.807, 2.05) is 49.4 Å². The van der Waals surface area contributed by atoms with Crippen LogP contribution >= 0.6 is 0 Å². The zero-order chi connectivity index (χ0) is 16.1. The Labute approximate surface area is 136 Å². The van der Waals surface area contributed by atoms with E-state index in [1.165, 1.54) is 0 Å². The van der Waals surface area contributed by atoms with Crippen molar-refractivity contribution in [1.82, 2.24) is 0 Å². The molecule has 1 fully saturated rings. The highest BCUT2D eigenvalue weighted by molar-refractivity contribution is 6.00. The van der Waals surface area contributed by atoms with Gasteiger partial charge in [0.25, 0.3) is 0 Å². The van der Waals surface area contributed by atoms with Crippen molar-refractivity contribution >= 4 is 23.1 Å². The third kappa shape index (κ3) is 4.02. The summed E-state index contributed by atoms with van der Waals surface area (Å²) in [5.41, 5.74) is 3.73. The summed E-state index contributed by atoms with van der Waals surface area (Å²) in [6.07, 6.45) is 0. The third-order valence-electron chi connectivity index (χ3n) is 3.88. The van der Waals surface area contributed by atoms with E-state index in [1.54, 1.807) is 0 Å². The second kappa shape index (κ2) is 7.15. The number of aryl methyl sites for hydroxylation is 1. The van der Waals surface area contributed by atoms with Crippen LogP contribution in [0.5, 0.6) is 0 Å². The summed E-state index contributed by atoms with van der Waals surface area (Å²) in [6, 6.07) is 15.3. The lowest BCUT2D eigenvalue weighted by atomic mass is 10.1. The number of nitrogens with one attached hydrogen (secondary N) is 2. The summed E-state index contributed by atoms with van der Waals surface area (Å²) in [4.78, 5) is 14.4. The van der Waals surface area contributed by atoms with Gasteiger partial charge in [0.2, 0.25) is 0 Å². The van der Waals surface area contributed by atoms with Gasteiger partial charge in [-0.3, -0.25) is 0 Å². The maximum atomic E-state index is 12.2. The number of benzene rings is 2. The molecule has 3 rings (SSSR count). The molecule has 0 radical (unpaired) electrons. The molecule has 23 heavy (non-hydrogen) atoms. The van der Waals surface area contributed by atoms with Gasteiger partial charge in [0.1, 0.15) is 0 Å². The molecule has 2 aromatic rings. The first-order valence-corrected chi connectivity index (χ1v) is 7.79. The number of ether oxygens (including phenoxy) is 1. The fourth-order valence-electron chi connectivity index (χ4n) is 2.57. The first-order valence-electron chi connectivity index (χ1n) is 7.79. The van der Waals surface area contributed by atoms with Crippen LogP contribution in [0.3, 0.4) is 0 Å². The van der Waals surface area contributed by atoms with Crippen molar-refractivity contribution < 1.29 is 9.53 Å². The van der Waals surface area contributed by atoms with Crippen LogP contribution in [0.2, 0.25) is 0 Å². The molecule has 2 N–H and O–H groups in total. The number of rotatable bonds is 3. The predicted octanol–water partition coefficient (Wildman–Crippen LogP) is 3.48. The standard InChI is InChI=1S/C18H21N3O2/c1-14-7-8-16(21-9-11-23-12-10-21)13-17(14)20-18(22)19-15-5-3-2-4-6-15/h2-8,13H,9-12H2,1H3,(H2,19,20,22). The lowest BCUT2D eigenvalue weighted by molar-refractivity contribution is 0.122. The highest BCUT2D eigenvalue weighted by Gasteiger charge is 2.13. The topological polar surface area (TPSA) is 53.6 Å². The van der Waals surface area contributed by atoms with E-state index in [0.29, 0.717) is 0 Å². The maximum absolute atomic E-state index is 12.2. The predicted molar refractivity (Wildman–Crippen MR) is 93.3 cm³/mol. The molecule has 0 aromatic heterocycles. The average molecular weight is 311 g/mol. The summed E-state index contributed by atoms with van der Waals surface area (Å²) in [5.74, 6) is 0. The Hall–Kier alpha value is -2.53. The minimum atomic E-state index is -0.238. The Balaban J connectivity index is 1.70. The van der Waals surface area contributed by atoms with Gasteiger partial charge in [-0.25, -0.2) is 4.79 Å². The van der Waals surface area contributed by atoms with Crippen LogP contribution < -0.4 is 15.5 Å². The van der Waals surface area contributed by atoms with Gasteiger partial charge < -0.3 is 20.3 Å². The highest BCUT2D eigenvalue weighted by Crippen LogP contribution is 2.24. The molecule has 0 unspecified atom stereocenters. The Morgan fingerprint density at radius 3 is 2.52 bits per heavy atom. The molecule has 2 aromatic carbocycles. The number of hydrogen-bond donors (Lipinski definition) is 2. The Bertz CT molecular complexity index is 667. The smallest absolute Gasteiger partial charge is 0.323 e. The molecule has 1 heterocycles. The molecule has 0 saturated carbocycles. The number of nitrogens with zero attached hydrogens (tertiary/aromatic N) is 1. The first kappa shape index (κ1) is 15.4. The summed E-state index contributed by atoms with van der Waals surface area (Å²) in [6.45, 7) is 5.22. The molecule has 2 amide bonds. The quantitative estimate of drug-likeness (QED) is 0.912. The Kier molecular flexibility index (Phi) is 4.78. The third-order valence-corrected chi connectivity index (χ3v) is 3.88. The minimum absolute atomic E-state index is 0.238. The zero-order valence-corrected chi connectivity index (χ0v) is 13.2. The fourth-order valence-corrected chi connectivity index (χ4v) is 2.57. The number of urea groups is 1. The van der Waals surface area contributed by atoms with Gasteiger partial charge in [0.05, 0.1) is 13.2 Å². The summed E-state index contributed by atoms with van der Waals surface area (Å²) in [5, 5.41) is 5.76. The maximum Gasteiger partial charge on any atom is 0.323 e. The van der Waals surface area contributed by atoms with Gasteiger partial charge in [-0.05, 0) is 36.8 Å². The number of hydrogen-bond acceptors (Lipinski definition) is 3. The molecule has 0 atom stereocenters. The van der Waals surface area contributed by atoms with Crippen molar-refractivity contribution in [2.24, 2.45) is 0 Å². The lowest BCUT2D eigenvalue weighted by Crippen LogP contribution is -2.36. The van der Waals surface area contributed by atoms with Crippen molar-refractivity contribution in [3.8, 4) is 0 Å². The molecule has 1 aliphatic heterocycles. The minimum Gasteiger partial charge on any atom is -0.378 e. The molecular formula is C18H21N3O2. The van der Waals surface area contributed by atoms with E-state index >= 15 is 0 Å². The lowest BCUT2D eigenvalue weighted by Gasteiger charge is -2.29. The van der Waals surface area contributed by atoms with Crippen molar-refractivity contribution in [2.75, 3.05) is 41.8 Å². The van der Waals surface area contributed by atoms with Crippen LogP contribution in [0.4, 0.5) is 21.9 Å². The number of anilines is 3. The number of para-hydroxylation sites is 1. The van der Waals surface area contributed by atoms with E-state index in [0.717, 1.165) is 48.9 Å². The van der Waals surface area contributed by atoms with Crippen LogP contribution in [0.15, 0.2) is 48.5 Å². The number of carbonyl (C=O) groups excluding carboxylic acids is 1. The number of morpholine rings is 1. The number of amides is 2. The van der Waals surface area contributed by atoms with Gasteiger partial charge in [-0.15, -0.1) is 0 Å². The SMILES string of the molecule is Cc1ccc(N2CCOCC2)cc1NC(=O)Nc1ccccc1. The van der Waals surface area contributed by atoms with Crippen molar-refractivity contribution in [3.05, 3.63) is 54.1 Å². The van der Waals surface area contributed by atoms with Crippen LogP contribution in [-0.4, -0.2) is 32.3 Å². The van der Waals surface area contributed by atoms with Crippen LogP contribution in [-0.2, 0) is 4.74 Å². The monoisotopic (exact) mass is 311 g/mol. The fraction of sp³-hybridized carbons (Fsp3) is 0.278. The Morgan fingerprint density at radius 1 is 1.04 bits per heavy atom. The second-order valence-corrected chi connectivity index (χ2v) is 5.54. The normalized spacial score (nSPS) is 14.4. The van der Waals surface area contributed by atoms with Gasteiger partial charge in [0, 0.05) is 30.2 Å². The van der Waals surface area contributed by atoms with Gasteiger partial charge in [-0.1, -0.05) is 24.3 Å². The van der Waals surface area contributed by atoms with E-state index < -0.39 is 0 Å². The molecule has 0 aliphatic carbocycles. The number of carbonyl (C=O) groups is 1. The molecular weight excluding hydrogens is 290 g/mol. The molecule has 1 aliphatic rings. The van der Waals surface area contributed by atoms with Gasteiger partial charge >= 0.3 is 6.03 Å². The highest BCUT2D eigenvalue weighted by atomic mass is 16.5. The van der Waals surface area contributed by atoms with E-state index in [-0.39, 0.29) is 6.03 Å². The Morgan fingerprint density at radius 2 is 1.78 bits per heavy atom. The van der Waals surface area contributed by atoms with E-state index in [2.05, 4.69) is 21.6 Å². The zero-order valence-electron chi connectivity index (χ0n) is 13.2. The van der Waals surface area contributed by atoms with Crippen LogP contribution in [0, 0.1) is 6.92 Å². The molecule has 0 spiro atoms. The second-order valence-electron chi connectivity index (χ2n) is 5.54. The average Bonchev–Trinajstić information content (AvgIpc) is 2.58. The van der Waals surface area contributed by atoms with Crippen LogP contribution in [0.1, 0.15) is 5.56 Å². The van der Waals surface area contributed by atoms with Crippen molar-refractivity contribution in [3.63, 3.8) is 0 Å². The summed E-state index contributed by atoms with van der Waals surface area (Å²) < 4.78 is 5.38. The summed E-state index contributed by atoms with van der Waals surface area (Å²) in [7, 11) is 0. The first-order chi connectivity index (χ1) is 11.2. The molecule has 0 bridgehead atoms. The van der Waals surface area contributed by atoms with Gasteiger partial charge in [0.15, 0.2) is 0 Å². The van der Waals surface area contributed by atoms with E-state index in [4.69, 9.17) is 4.74 Å². The molecule has 120 valence electrons. The molecule has 1 saturated heterocycles. The molecule has 5 heteroatoms. The van der Waals surface area contributed by atoms with Crippen molar-refractivity contribution in [2.45, 2.75) is 6.92 Å². The van der Waals surface area contributed by atoms with Crippen LogP contribution in [0.25, 0.3) is 0 Å². The van der Waals surface area contributed by atoms with Crippen molar-refractivity contribution in [1.29, 1.82) is 0 Å². The molecule has 5 nitrogen and oxygen atoms in total. The summed E-state index contributed by atoms with van der Waals surface area (Å²) >= 11 is 0. The largest absolute Gasteiger partial charge is 0.378 e. The van der Waals surface area contributed by atoms with Gasteiger partial charge in [-0.2, -0.15) is 0 Å².